The molecule has 0 spiro atoms. The molecule has 1 amide bonds. The number of hydrogen-bond acceptors (Lipinski definition) is 4. The summed E-state index contributed by atoms with van der Waals surface area (Å²) < 4.78 is 13.6. The Hall–Kier alpha value is -1.88. The molecule has 1 atom stereocenters. The number of rotatable bonds is 6. The molecule has 1 aromatic carbocycles. The molecule has 0 radical (unpaired) electrons. The van der Waals surface area contributed by atoms with Crippen LogP contribution in [0.4, 0.5) is 10.1 Å². The Labute approximate surface area is 198 Å². The molecule has 9 heteroatoms. The number of halogens is 2. The van der Waals surface area contributed by atoms with Crippen LogP contribution in [0.2, 0.25) is 0 Å². The van der Waals surface area contributed by atoms with E-state index in [0.717, 1.165) is 31.6 Å². The van der Waals surface area contributed by atoms with Gasteiger partial charge in [-0.1, -0.05) is 12.1 Å². The van der Waals surface area contributed by atoms with Crippen LogP contribution in [0.15, 0.2) is 46.8 Å². The average molecular weight is 545 g/mol. The number of benzene rings is 1. The van der Waals surface area contributed by atoms with Gasteiger partial charge < -0.3 is 20.4 Å². The lowest BCUT2D eigenvalue weighted by molar-refractivity contribution is -0.127. The summed E-state index contributed by atoms with van der Waals surface area (Å²) in [6, 6.07) is 10.9. The molecule has 3 rings (SSSR count). The molecule has 0 saturated carbocycles. The average Bonchev–Trinajstić information content (AvgIpc) is 3.23. The van der Waals surface area contributed by atoms with E-state index in [1.54, 1.807) is 37.6 Å². The molecular weight excluding hydrogens is 516 g/mol. The number of piperidine rings is 1. The lowest BCUT2D eigenvalue weighted by Crippen LogP contribution is -2.51. The second-order valence-electron chi connectivity index (χ2n) is 7.30. The van der Waals surface area contributed by atoms with Gasteiger partial charge >= 0.3 is 0 Å². The lowest BCUT2D eigenvalue weighted by Gasteiger charge is -2.35. The molecule has 30 heavy (non-hydrogen) atoms. The Bertz CT molecular complexity index is 831. The number of hydrogen-bond donors (Lipinski definition) is 2. The third-order valence-corrected chi connectivity index (χ3v) is 5.69. The molecule has 0 bridgehead atoms. The number of amides is 1. The van der Waals surface area contributed by atoms with Crippen LogP contribution in [-0.2, 0) is 11.3 Å². The van der Waals surface area contributed by atoms with Crippen molar-refractivity contribution in [2.45, 2.75) is 25.4 Å². The third-order valence-electron chi connectivity index (χ3n) is 4.82. The monoisotopic (exact) mass is 545 g/mol. The molecule has 1 aromatic heterocycles. The first-order chi connectivity index (χ1) is 14.0. The SMILES string of the molecule is CN(C)C(=O)CN=C(NCc1cccs1)NC1CCCN(c2cccc(F)c2)C1.I. The summed E-state index contributed by atoms with van der Waals surface area (Å²) in [5.74, 6) is 0.353. The van der Waals surface area contributed by atoms with Gasteiger partial charge in [0.05, 0.1) is 6.54 Å². The fourth-order valence-electron chi connectivity index (χ4n) is 3.22. The van der Waals surface area contributed by atoms with Gasteiger partial charge in [-0.25, -0.2) is 9.38 Å². The Kier molecular flexibility index (Phi) is 9.83. The minimum absolute atomic E-state index is 0. The van der Waals surface area contributed by atoms with Gasteiger partial charge in [0.25, 0.3) is 0 Å². The molecular formula is C21H29FIN5OS. The number of aliphatic imine (C=N–C) groups is 1. The molecule has 1 aliphatic heterocycles. The molecule has 2 heterocycles. The van der Waals surface area contributed by atoms with Gasteiger partial charge in [-0.05, 0) is 42.5 Å². The largest absolute Gasteiger partial charge is 0.369 e. The van der Waals surface area contributed by atoms with Crippen LogP contribution >= 0.6 is 35.3 Å². The number of anilines is 1. The summed E-state index contributed by atoms with van der Waals surface area (Å²) in [7, 11) is 3.45. The van der Waals surface area contributed by atoms with Crippen molar-refractivity contribution in [2.75, 3.05) is 38.6 Å². The van der Waals surface area contributed by atoms with E-state index >= 15 is 0 Å². The van der Waals surface area contributed by atoms with E-state index in [0.29, 0.717) is 12.5 Å². The first-order valence-electron chi connectivity index (χ1n) is 9.79. The van der Waals surface area contributed by atoms with Crippen molar-refractivity contribution in [2.24, 2.45) is 4.99 Å². The maximum atomic E-state index is 13.6. The minimum atomic E-state index is -0.223. The standard InChI is InChI=1S/C21H28FN5OS.HI/c1-26(2)20(28)14-24-21(23-13-19-9-5-11-29-19)25-17-7-4-10-27(15-17)18-8-3-6-16(22)12-18;/h3,5-6,8-9,11-12,17H,4,7,10,13-15H2,1-2H3,(H2,23,24,25);1H. The van der Waals surface area contributed by atoms with Gasteiger partial charge in [0.15, 0.2) is 5.96 Å². The van der Waals surface area contributed by atoms with Crippen LogP contribution in [0, 0.1) is 5.82 Å². The third kappa shape index (κ3) is 7.42. The Balaban J connectivity index is 0.00000320. The van der Waals surface area contributed by atoms with Gasteiger partial charge in [0.1, 0.15) is 12.4 Å². The maximum absolute atomic E-state index is 13.6. The van der Waals surface area contributed by atoms with Crippen molar-refractivity contribution in [3.8, 4) is 0 Å². The zero-order valence-electron chi connectivity index (χ0n) is 17.3. The van der Waals surface area contributed by atoms with Gasteiger partial charge in [0, 0.05) is 43.8 Å². The number of carbonyl (C=O) groups is 1. The van der Waals surface area contributed by atoms with Crippen molar-refractivity contribution >= 4 is 52.9 Å². The first kappa shape index (κ1) is 24.4. The first-order valence-corrected chi connectivity index (χ1v) is 10.7. The molecule has 1 aliphatic rings. The number of thiophene rings is 1. The number of carbonyl (C=O) groups excluding carboxylic acids is 1. The number of nitrogens with zero attached hydrogens (tertiary/aromatic N) is 3. The van der Waals surface area contributed by atoms with E-state index in [1.165, 1.54) is 15.8 Å². The van der Waals surface area contributed by atoms with E-state index in [9.17, 15) is 9.18 Å². The van der Waals surface area contributed by atoms with E-state index in [4.69, 9.17) is 0 Å². The van der Waals surface area contributed by atoms with Crippen molar-refractivity contribution < 1.29 is 9.18 Å². The highest BCUT2D eigenvalue weighted by Crippen LogP contribution is 2.20. The van der Waals surface area contributed by atoms with Crippen LogP contribution in [0.1, 0.15) is 17.7 Å². The summed E-state index contributed by atoms with van der Waals surface area (Å²) in [4.78, 5) is 21.4. The second kappa shape index (κ2) is 12.1. The number of guanidine groups is 1. The maximum Gasteiger partial charge on any atom is 0.243 e. The molecule has 2 N–H and O–H groups in total. The Morgan fingerprint density at radius 1 is 1.33 bits per heavy atom. The van der Waals surface area contributed by atoms with Gasteiger partial charge in [-0.3, -0.25) is 4.79 Å². The Morgan fingerprint density at radius 3 is 2.87 bits per heavy atom. The van der Waals surface area contributed by atoms with Crippen LogP contribution in [0.5, 0.6) is 0 Å². The summed E-state index contributed by atoms with van der Waals surface area (Å²) in [6.07, 6.45) is 2.00. The Morgan fingerprint density at radius 2 is 2.17 bits per heavy atom. The highest BCUT2D eigenvalue weighted by Gasteiger charge is 2.21. The fraction of sp³-hybridized carbons (Fsp3) is 0.429. The van der Waals surface area contributed by atoms with Gasteiger partial charge in [-0.2, -0.15) is 0 Å². The van der Waals surface area contributed by atoms with Crippen molar-refractivity contribution in [3.05, 3.63) is 52.5 Å². The van der Waals surface area contributed by atoms with Crippen molar-refractivity contribution in [3.63, 3.8) is 0 Å². The van der Waals surface area contributed by atoms with Crippen molar-refractivity contribution in [1.82, 2.24) is 15.5 Å². The topological polar surface area (TPSA) is 60.0 Å². The van der Waals surface area contributed by atoms with Crippen LogP contribution in [-0.4, -0.2) is 56.5 Å². The van der Waals surface area contributed by atoms with E-state index in [-0.39, 0.29) is 48.3 Å². The van der Waals surface area contributed by atoms with E-state index in [1.807, 2.05) is 17.5 Å². The predicted octanol–water partition coefficient (Wildman–Crippen LogP) is 3.30. The zero-order valence-corrected chi connectivity index (χ0v) is 20.5. The summed E-state index contributed by atoms with van der Waals surface area (Å²) in [5.41, 5.74) is 0.893. The quantitative estimate of drug-likeness (QED) is 0.333. The number of likely N-dealkylation sites (N-methyl/N-ethyl adjacent to an activating group) is 1. The zero-order chi connectivity index (χ0) is 20.6. The molecule has 1 unspecified atom stereocenters. The summed E-state index contributed by atoms with van der Waals surface area (Å²) >= 11 is 1.68. The molecule has 2 aromatic rings. The summed E-state index contributed by atoms with van der Waals surface area (Å²) in [6.45, 7) is 2.40. The minimum Gasteiger partial charge on any atom is -0.369 e. The normalized spacial score (nSPS) is 16.6. The molecule has 0 aliphatic carbocycles. The second-order valence-corrected chi connectivity index (χ2v) is 8.33. The van der Waals surface area contributed by atoms with Gasteiger partial charge in [0.2, 0.25) is 5.91 Å². The van der Waals surface area contributed by atoms with Gasteiger partial charge in [-0.15, -0.1) is 35.3 Å². The highest BCUT2D eigenvalue weighted by molar-refractivity contribution is 14.0. The van der Waals surface area contributed by atoms with E-state index < -0.39 is 0 Å². The fourth-order valence-corrected chi connectivity index (χ4v) is 3.86. The van der Waals surface area contributed by atoms with Crippen molar-refractivity contribution in [1.29, 1.82) is 0 Å². The summed E-state index contributed by atoms with van der Waals surface area (Å²) in [5, 5.41) is 8.83. The lowest BCUT2D eigenvalue weighted by atomic mass is 10.0. The highest BCUT2D eigenvalue weighted by atomic mass is 127. The predicted molar refractivity (Wildman–Crippen MR) is 132 cm³/mol. The van der Waals surface area contributed by atoms with Crippen LogP contribution in [0.3, 0.4) is 0 Å². The van der Waals surface area contributed by atoms with E-state index in [2.05, 4.69) is 26.6 Å². The van der Waals surface area contributed by atoms with Crippen LogP contribution < -0.4 is 15.5 Å². The molecule has 1 fully saturated rings. The molecule has 164 valence electrons. The molecule has 1 saturated heterocycles. The number of nitrogens with one attached hydrogen (secondary N) is 2. The van der Waals surface area contributed by atoms with Crippen LogP contribution in [0.25, 0.3) is 0 Å². The molecule has 6 nitrogen and oxygen atoms in total. The smallest absolute Gasteiger partial charge is 0.243 e.